The molecule has 2 aromatic rings. The van der Waals surface area contributed by atoms with Gasteiger partial charge in [0.25, 0.3) is 10.0 Å². The summed E-state index contributed by atoms with van der Waals surface area (Å²) in [6.45, 7) is 2.15. The molecule has 0 fully saturated rings. The predicted molar refractivity (Wildman–Crippen MR) is 82.0 cm³/mol. The molecule has 21 heavy (non-hydrogen) atoms. The third-order valence-electron chi connectivity index (χ3n) is 3.55. The monoisotopic (exact) mass is 324 g/mol. The zero-order valence-electron chi connectivity index (χ0n) is 11.6. The van der Waals surface area contributed by atoms with E-state index >= 15 is 0 Å². The number of para-hydroxylation sites is 1. The van der Waals surface area contributed by atoms with Crippen LogP contribution >= 0.6 is 11.3 Å². The van der Waals surface area contributed by atoms with Gasteiger partial charge in [-0.2, -0.15) is 0 Å². The molecule has 0 saturated heterocycles. The quantitative estimate of drug-likeness (QED) is 0.921. The topological polar surface area (TPSA) is 70.5 Å². The van der Waals surface area contributed by atoms with Crippen LogP contribution in [0, 0.1) is 6.92 Å². The summed E-state index contributed by atoms with van der Waals surface area (Å²) in [6.07, 6.45) is 1.96. The molecule has 0 bridgehead atoms. The van der Waals surface area contributed by atoms with Crippen LogP contribution in [-0.4, -0.2) is 25.1 Å². The van der Waals surface area contributed by atoms with E-state index in [1.807, 2.05) is 6.07 Å². The number of aliphatic hydroxyl groups excluding tert-OH is 1. The number of anilines is 1. The lowest BCUT2D eigenvalue weighted by Gasteiger charge is -2.23. The van der Waals surface area contributed by atoms with Crippen LogP contribution in [0.15, 0.2) is 34.7 Å². The fraction of sp³-hybridized carbons (Fsp3) is 0.357. The first-order valence-electron chi connectivity index (χ1n) is 6.72. The first-order valence-corrected chi connectivity index (χ1v) is 8.98. The van der Waals surface area contributed by atoms with Crippen molar-refractivity contribution in [1.82, 2.24) is 4.98 Å². The van der Waals surface area contributed by atoms with E-state index < -0.39 is 16.1 Å². The van der Waals surface area contributed by atoms with Crippen LogP contribution in [0.1, 0.15) is 29.5 Å². The largest absolute Gasteiger partial charge is 0.388 e. The van der Waals surface area contributed by atoms with Gasteiger partial charge in [0.15, 0.2) is 4.21 Å². The molecule has 2 heterocycles. The summed E-state index contributed by atoms with van der Waals surface area (Å²) in [5.74, 6) is 0. The van der Waals surface area contributed by atoms with Crippen molar-refractivity contribution < 1.29 is 13.5 Å². The van der Waals surface area contributed by atoms with Crippen LogP contribution in [0.3, 0.4) is 0 Å². The van der Waals surface area contributed by atoms with E-state index in [1.165, 1.54) is 21.8 Å². The molecule has 1 N–H and O–H groups in total. The number of aromatic nitrogens is 1. The van der Waals surface area contributed by atoms with Gasteiger partial charge < -0.3 is 5.11 Å². The van der Waals surface area contributed by atoms with E-state index in [2.05, 4.69) is 4.98 Å². The van der Waals surface area contributed by atoms with Crippen molar-refractivity contribution in [1.29, 1.82) is 0 Å². The second-order valence-electron chi connectivity index (χ2n) is 4.99. The summed E-state index contributed by atoms with van der Waals surface area (Å²) in [5.41, 5.74) is 1.23. The van der Waals surface area contributed by atoms with Gasteiger partial charge >= 0.3 is 0 Å². The molecule has 0 radical (unpaired) electrons. The molecule has 1 aromatic carbocycles. The average molecular weight is 324 g/mol. The molecule has 5 nitrogen and oxygen atoms in total. The third-order valence-corrected chi connectivity index (χ3v) is 6.71. The smallest absolute Gasteiger partial charge is 0.275 e. The lowest BCUT2D eigenvalue weighted by molar-refractivity contribution is 0.168. The minimum Gasteiger partial charge on any atom is -0.388 e. The Hall–Kier alpha value is -1.44. The van der Waals surface area contributed by atoms with Crippen molar-refractivity contribution in [3.05, 3.63) is 41.0 Å². The van der Waals surface area contributed by atoms with E-state index in [4.69, 9.17) is 0 Å². The number of hydrogen-bond acceptors (Lipinski definition) is 5. The molecule has 7 heteroatoms. The highest BCUT2D eigenvalue weighted by atomic mass is 32.2. The molecule has 1 unspecified atom stereocenters. The number of aliphatic hydroxyl groups is 1. The number of benzene rings is 1. The van der Waals surface area contributed by atoms with Gasteiger partial charge in [-0.3, -0.25) is 4.31 Å². The van der Waals surface area contributed by atoms with Crippen LogP contribution in [0.2, 0.25) is 0 Å². The van der Waals surface area contributed by atoms with Crippen molar-refractivity contribution >= 4 is 27.0 Å². The van der Waals surface area contributed by atoms with Crippen LogP contribution < -0.4 is 4.31 Å². The summed E-state index contributed by atoms with van der Waals surface area (Å²) in [6, 6.07) is 7.13. The Morgan fingerprint density at radius 3 is 2.86 bits per heavy atom. The zero-order chi connectivity index (χ0) is 15.0. The van der Waals surface area contributed by atoms with Crippen molar-refractivity contribution in [2.24, 2.45) is 0 Å². The van der Waals surface area contributed by atoms with Gasteiger partial charge in [-0.05, 0) is 25.8 Å². The second-order valence-corrected chi connectivity index (χ2v) is 8.32. The van der Waals surface area contributed by atoms with E-state index in [0.717, 1.165) is 5.01 Å². The Balaban J connectivity index is 2.12. The molecule has 112 valence electrons. The van der Waals surface area contributed by atoms with Gasteiger partial charge in [0.05, 0.1) is 23.0 Å². The molecule has 1 aromatic heterocycles. The van der Waals surface area contributed by atoms with Crippen molar-refractivity contribution in [2.75, 3.05) is 10.8 Å². The highest BCUT2D eigenvalue weighted by molar-refractivity contribution is 7.94. The Labute approximate surface area is 127 Å². The maximum Gasteiger partial charge on any atom is 0.275 e. The molecule has 1 aliphatic heterocycles. The number of aryl methyl sites for hydroxylation is 1. The molecule has 0 amide bonds. The Morgan fingerprint density at radius 1 is 1.38 bits per heavy atom. The molecular formula is C14H16N2O3S2. The van der Waals surface area contributed by atoms with E-state index in [-0.39, 0.29) is 4.21 Å². The minimum atomic E-state index is -3.62. The highest BCUT2D eigenvalue weighted by Crippen LogP contribution is 2.36. The van der Waals surface area contributed by atoms with Crippen LogP contribution in [-0.2, 0) is 10.0 Å². The first-order chi connectivity index (χ1) is 10.00. The summed E-state index contributed by atoms with van der Waals surface area (Å²) >= 11 is 1.17. The Morgan fingerprint density at radius 2 is 2.14 bits per heavy atom. The van der Waals surface area contributed by atoms with E-state index in [1.54, 1.807) is 25.1 Å². The fourth-order valence-corrected chi connectivity index (χ4v) is 5.27. The van der Waals surface area contributed by atoms with Gasteiger partial charge in [-0.1, -0.05) is 18.2 Å². The minimum absolute atomic E-state index is 0.242. The molecular weight excluding hydrogens is 308 g/mol. The van der Waals surface area contributed by atoms with E-state index in [9.17, 15) is 13.5 Å². The zero-order valence-corrected chi connectivity index (χ0v) is 13.2. The molecule has 1 atom stereocenters. The normalized spacial score (nSPS) is 19.1. The summed E-state index contributed by atoms with van der Waals surface area (Å²) in [7, 11) is -3.62. The Kier molecular flexibility index (Phi) is 3.73. The lowest BCUT2D eigenvalue weighted by atomic mass is 10.1. The second kappa shape index (κ2) is 5.40. The maximum atomic E-state index is 12.8. The standard InChI is InChI=1S/C14H16N2O3S2/c1-10-15-9-14(20-10)21(18,19)16-8-4-7-13(17)11-5-2-3-6-12(11)16/h2-3,5-6,9,13,17H,4,7-8H2,1H3. The summed E-state index contributed by atoms with van der Waals surface area (Å²) in [5, 5.41) is 10.9. The number of sulfonamides is 1. The molecule has 0 saturated carbocycles. The molecule has 0 spiro atoms. The number of thiazole rings is 1. The Bertz CT molecular complexity index is 755. The van der Waals surface area contributed by atoms with Crippen molar-refractivity contribution in [3.8, 4) is 0 Å². The number of nitrogens with zero attached hydrogens (tertiary/aromatic N) is 2. The van der Waals surface area contributed by atoms with Gasteiger partial charge in [0, 0.05) is 12.1 Å². The molecule has 3 rings (SSSR count). The van der Waals surface area contributed by atoms with Gasteiger partial charge in [0.2, 0.25) is 0 Å². The van der Waals surface area contributed by atoms with Gasteiger partial charge in [-0.15, -0.1) is 11.3 Å². The fourth-order valence-electron chi connectivity index (χ4n) is 2.52. The van der Waals surface area contributed by atoms with Crippen LogP contribution in [0.5, 0.6) is 0 Å². The highest BCUT2D eigenvalue weighted by Gasteiger charge is 2.31. The number of fused-ring (bicyclic) bond motifs is 1. The number of hydrogen-bond donors (Lipinski definition) is 1. The molecule has 1 aliphatic rings. The maximum absolute atomic E-state index is 12.8. The van der Waals surface area contributed by atoms with Gasteiger partial charge in [-0.25, -0.2) is 13.4 Å². The number of rotatable bonds is 2. The van der Waals surface area contributed by atoms with Crippen LogP contribution in [0.25, 0.3) is 0 Å². The van der Waals surface area contributed by atoms with Crippen molar-refractivity contribution in [2.45, 2.75) is 30.1 Å². The first kappa shape index (κ1) is 14.5. The SMILES string of the molecule is Cc1ncc(S(=O)(=O)N2CCCC(O)c3ccccc32)s1. The van der Waals surface area contributed by atoms with E-state index in [0.29, 0.717) is 30.6 Å². The third kappa shape index (κ3) is 2.56. The summed E-state index contributed by atoms with van der Waals surface area (Å²) in [4.78, 5) is 4.04. The predicted octanol–water partition coefficient (Wildman–Crippen LogP) is 2.47. The molecule has 0 aliphatic carbocycles. The average Bonchev–Trinajstić information content (AvgIpc) is 2.83. The summed E-state index contributed by atoms with van der Waals surface area (Å²) < 4.78 is 27.3. The van der Waals surface area contributed by atoms with Crippen LogP contribution in [0.4, 0.5) is 5.69 Å². The van der Waals surface area contributed by atoms with Gasteiger partial charge in [0.1, 0.15) is 0 Å². The van der Waals surface area contributed by atoms with Crippen molar-refractivity contribution in [3.63, 3.8) is 0 Å². The lowest BCUT2D eigenvalue weighted by Crippen LogP contribution is -2.31.